The maximum Gasteiger partial charge on any atom is 0.229 e. The summed E-state index contributed by atoms with van der Waals surface area (Å²) in [6.45, 7) is 6.85. The SMILES string of the molecule is CC(=O)N1CCC[C@@H](C(=O)Nc2cc(C)ccc2C)C1. The highest BCUT2D eigenvalue weighted by molar-refractivity contribution is 5.93. The van der Waals surface area contributed by atoms with Crippen molar-refractivity contribution < 1.29 is 9.59 Å². The van der Waals surface area contributed by atoms with Gasteiger partial charge in [0.15, 0.2) is 0 Å². The average Bonchev–Trinajstić information content (AvgIpc) is 2.43. The Labute approximate surface area is 120 Å². The molecule has 1 N–H and O–H groups in total. The van der Waals surface area contributed by atoms with Crippen molar-refractivity contribution in [3.8, 4) is 0 Å². The molecule has 1 heterocycles. The summed E-state index contributed by atoms with van der Waals surface area (Å²) in [6, 6.07) is 6.02. The Morgan fingerprint density at radius 2 is 2.05 bits per heavy atom. The zero-order valence-electron chi connectivity index (χ0n) is 12.4. The molecular formula is C16H22N2O2. The minimum absolute atomic E-state index is 0.0182. The van der Waals surface area contributed by atoms with Gasteiger partial charge in [-0.25, -0.2) is 0 Å². The van der Waals surface area contributed by atoms with E-state index in [2.05, 4.69) is 5.32 Å². The van der Waals surface area contributed by atoms with Gasteiger partial charge in [0.1, 0.15) is 0 Å². The Morgan fingerprint density at radius 3 is 2.75 bits per heavy atom. The predicted octanol–water partition coefficient (Wildman–Crippen LogP) is 2.50. The van der Waals surface area contributed by atoms with Crippen molar-refractivity contribution in [2.24, 2.45) is 5.92 Å². The molecule has 4 nitrogen and oxygen atoms in total. The standard InChI is InChI=1S/C16H22N2O2/c1-11-6-7-12(2)15(9-11)17-16(20)14-5-4-8-18(10-14)13(3)19/h6-7,9,14H,4-5,8,10H2,1-3H3,(H,17,20)/t14-/m1/s1. The number of aryl methyl sites for hydroxylation is 2. The highest BCUT2D eigenvalue weighted by Gasteiger charge is 2.27. The molecule has 0 aromatic heterocycles. The Bertz CT molecular complexity index is 525. The molecule has 0 saturated carbocycles. The summed E-state index contributed by atoms with van der Waals surface area (Å²) in [5.74, 6) is -0.0357. The first kappa shape index (κ1) is 14.6. The number of hydrogen-bond acceptors (Lipinski definition) is 2. The number of nitrogens with one attached hydrogen (secondary N) is 1. The third-order valence-corrected chi connectivity index (χ3v) is 3.89. The number of hydrogen-bond donors (Lipinski definition) is 1. The second-order valence-corrected chi connectivity index (χ2v) is 5.61. The van der Waals surface area contributed by atoms with Crippen LogP contribution in [0, 0.1) is 19.8 Å². The Balaban J connectivity index is 2.04. The Hall–Kier alpha value is -1.84. The molecule has 0 unspecified atom stereocenters. The van der Waals surface area contributed by atoms with Crippen molar-refractivity contribution in [2.75, 3.05) is 18.4 Å². The molecule has 2 amide bonds. The molecule has 0 bridgehead atoms. The monoisotopic (exact) mass is 274 g/mol. The lowest BCUT2D eigenvalue weighted by Crippen LogP contribution is -2.42. The fourth-order valence-electron chi connectivity index (χ4n) is 2.58. The summed E-state index contributed by atoms with van der Waals surface area (Å²) in [7, 11) is 0. The zero-order valence-corrected chi connectivity index (χ0v) is 12.4. The van der Waals surface area contributed by atoms with E-state index in [1.54, 1.807) is 11.8 Å². The van der Waals surface area contributed by atoms with Gasteiger partial charge in [-0.15, -0.1) is 0 Å². The van der Waals surface area contributed by atoms with Gasteiger partial charge in [0.05, 0.1) is 5.92 Å². The molecule has 1 saturated heterocycles. The van der Waals surface area contributed by atoms with Crippen LogP contribution in [0.15, 0.2) is 18.2 Å². The van der Waals surface area contributed by atoms with Crippen molar-refractivity contribution in [1.29, 1.82) is 0 Å². The maximum atomic E-state index is 12.4. The first-order valence-corrected chi connectivity index (χ1v) is 7.11. The zero-order chi connectivity index (χ0) is 14.7. The summed E-state index contributed by atoms with van der Waals surface area (Å²) in [5.41, 5.74) is 3.05. The summed E-state index contributed by atoms with van der Waals surface area (Å²) < 4.78 is 0. The van der Waals surface area contributed by atoms with Crippen LogP contribution in [0.3, 0.4) is 0 Å². The molecule has 1 fully saturated rings. The number of nitrogens with zero attached hydrogens (tertiary/aromatic N) is 1. The Morgan fingerprint density at radius 1 is 1.30 bits per heavy atom. The number of carbonyl (C=O) groups is 2. The van der Waals surface area contributed by atoms with Crippen LogP contribution in [0.2, 0.25) is 0 Å². The van der Waals surface area contributed by atoms with Gasteiger partial charge >= 0.3 is 0 Å². The molecule has 1 aromatic carbocycles. The van der Waals surface area contributed by atoms with Crippen molar-refractivity contribution in [2.45, 2.75) is 33.6 Å². The minimum Gasteiger partial charge on any atom is -0.342 e. The summed E-state index contributed by atoms with van der Waals surface area (Å²) in [4.78, 5) is 25.5. The van der Waals surface area contributed by atoms with Gasteiger partial charge in [-0.1, -0.05) is 12.1 Å². The molecule has 1 atom stereocenters. The molecule has 4 heteroatoms. The first-order chi connectivity index (χ1) is 9.47. The van der Waals surface area contributed by atoms with Gasteiger partial charge in [-0.3, -0.25) is 9.59 Å². The smallest absolute Gasteiger partial charge is 0.229 e. The molecule has 0 radical (unpaired) electrons. The van der Waals surface area contributed by atoms with Crippen LogP contribution in [0.1, 0.15) is 30.9 Å². The Kier molecular flexibility index (Phi) is 4.42. The van der Waals surface area contributed by atoms with Crippen LogP contribution in [-0.4, -0.2) is 29.8 Å². The lowest BCUT2D eigenvalue weighted by Gasteiger charge is -2.31. The molecule has 0 aliphatic carbocycles. The highest BCUT2D eigenvalue weighted by atomic mass is 16.2. The number of carbonyl (C=O) groups excluding carboxylic acids is 2. The molecule has 1 aliphatic rings. The number of likely N-dealkylation sites (tertiary alicyclic amines) is 1. The number of amides is 2. The maximum absolute atomic E-state index is 12.4. The second kappa shape index (κ2) is 6.07. The van der Waals surface area contributed by atoms with Crippen molar-refractivity contribution >= 4 is 17.5 Å². The van der Waals surface area contributed by atoms with Gasteiger partial charge in [0.2, 0.25) is 11.8 Å². The lowest BCUT2D eigenvalue weighted by atomic mass is 9.96. The first-order valence-electron chi connectivity index (χ1n) is 7.11. The van der Waals surface area contributed by atoms with Crippen LogP contribution in [-0.2, 0) is 9.59 Å². The fourth-order valence-corrected chi connectivity index (χ4v) is 2.58. The van der Waals surface area contributed by atoms with Gasteiger partial charge < -0.3 is 10.2 Å². The van der Waals surface area contributed by atoms with Gasteiger partial charge in [-0.2, -0.15) is 0 Å². The molecule has 1 aromatic rings. The van der Waals surface area contributed by atoms with E-state index in [1.807, 2.05) is 32.0 Å². The van der Waals surface area contributed by atoms with E-state index in [0.717, 1.165) is 36.2 Å². The van der Waals surface area contributed by atoms with E-state index in [4.69, 9.17) is 0 Å². The topological polar surface area (TPSA) is 49.4 Å². The lowest BCUT2D eigenvalue weighted by molar-refractivity contribution is -0.132. The number of anilines is 1. The third kappa shape index (κ3) is 3.38. The highest BCUT2D eigenvalue weighted by Crippen LogP contribution is 2.21. The number of piperidine rings is 1. The summed E-state index contributed by atoms with van der Waals surface area (Å²) >= 11 is 0. The van der Waals surface area contributed by atoms with Gasteiger partial charge in [0, 0.05) is 25.7 Å². The van der Waals surface area contributed by atoms with E-state index >= 15 is 0 Å². The normalized spacial score (nSPS) is 18.8. The molecular weight excluding hydrogens is 252 g/mol. The van der Waals surface area contributed by atoms with E-state index < -0.39 is 0 Å². The fraction of sp³-hybridized carbons (Fsp3) is 0.500. The third-order valence-electron chi connectivity index (χ3n) is 3.89. The predicted molar refractivity (Wildman–Crippen MR) is 79.5 cm³/mol. The van der Waals surface area contributed by atoms with E-state index in [0.29, 0.717) is 6.54 Å². The average molecular weight is 274 g/mol. The molecule has 1 aliphatic heterocycles. The van der Waals surface area contributed by atoms with E-state index in [9.17, 15) is 9.59 Å². The van der Waals surface area contributed by atoms with Crippen LogP contribution < -0.4 is 5.32 Å². The van der Waals surface area contributed by atoms with Crippen LogP contribution >= 0.6 is 0 Å². The van der Waals surface area contributed by atoms with Crippen LogP contribution in [0.25, 0.3) is 0 Å². The number of rotatable bonds is 2. The molecule has 20 heavy (non-hydrogen) atoms. The summed E-state index contributed by atoms with van der Waals surface area (Å²) in [6.07, 6.45) is 1.74. The van der Waals surface area contributed by atoms with E-state index in [1.165, 1.54) is 0 Å². The second-order valence-electron chi connectivity index (χ2n) is 5.61. The van der Waals surface area contributed by atoms with Gasteiger partial charge in [0.25, 0.3) is 0 Å². The van der Waals surface area contributed by atoms with Crippen molar-refractivity contribution in [1.82, 2.24) is 4.90 Å². The van der Waals surface area contributed by atoms with Gasteiger partial charge in [-0.05, 0) is 43.9 Å². The quantitative estimate of drug-likeness (QED) is 0.900. The minimum atomic E-state index is -0.104. The summed E-state index contributed by atoms with van der Waals surface area (Å²) in [5, 5.41) is 3.00. The molecule has 0 spiro atoms. The molecule has 108 valence electrons. The number of benzene rings is 1. The largest absolute Gasteiger partial charge is 0.342 e. The molecule has 2 rings (SSSR count). The van der Waals surface area contributed by atoms with Crippen LogP contribution in [0.5, 0.6) is 0 Å². The van der Waals surface area contributed by atoms with E-state index in [-0.39, 0.29) is 17.7 Å². The van der Waals surface area contributed by atoms with Crippen molar-refractivity contribution in [3.05, 3.63) is 29.3 Å². The van der Waals surface area contributed by atoms with Crippen LogP contribution in [0.4, 0.5) is 5.69 Å². The van der Waals surface area contributed by atoms with Crippen molar-refractivity contribution in [3.63, 3.8) is 0 Å².